The van der Waals surface area contributed by atoms with E-state index in [1.807, 2.05) is 6.20 Å². The molecule has 1 aliphatic rings. The van der Waals surface area contributed by atoms with Crippen molar-refractivity contribution < 1.29 is 0 Å². The van der Waals surface area contributed by atoms with Crippen LogP contribution in [-0.4, -0.2) is 30.7 Å². The summed E-state index contributed by atoms with van der Waals surface area (Å²) in [6.07, 6.45) is 5.68. The zero-order chi connectivity index (χ0) is 13.0. The lowest BCUT2D eigenvalue weighted by atomic mass is 10.2. The van der Waals surface area contributed by atoms with Crippen LogP contribution >= 0.6 is 15.9 Å². The second-order valence-corrected chi connectivity index (χ2v) is 5.91. The van der Waals surface area contributed by atoms with Crippen molar-refractivity contribution in [3.63, 3.8) is 0 Å². The Balaban J connectivity index is 2.12. The fourth-order valence-corrected chi connectivity index (χ4v) is 3.21. The van der Waals surface area contributed by atoms with Crippen LogP contribution in [0.2, 0.25) is 0 Å². The van der Waals surface area contributed by atoms with E-state index < -0.39 is 0 Å². The Labute approximate surface area is 118 Å². The van der Waals surface area contributed by atoms with Gasteiger partial charge in [0.2, 0.25) is 0 Å². The van der Waals surface area contributed by atoms with Crippen molar-refractivity contribution in [2.45, 2.75) is 39.2 Å². The molecule has 4 heteroatoms. The molecule has 3 nitrogen and oxygen atoms in total. The molecular formula is C14H22BrN3. The summed E-state index contributed by atoms with van der Waals surface area (Å²) in [6, 6.07) is 2.76. The average Bonchev–Trinajstić information content (AvgIpc) is 2.81. The maximum Gasteiger partial charge on any atom is 0.142 e. The molecule has 1 atom stereocenters. The number of hydrogen-bond acceptors (Lipinski definition) is 3. The number of aryl methyl sites for hydroxylation is 1. The SMILES string of the molecule is CCCN(CC1CCCN1)c1ncc(C)cc1Br. The van der Waals surface area contributed by atoms with Crippen LogP contribution < -0.4 is 10.2 Å². The highest BCUT2D eigenvalue weighted by molar-refractivity contribution is 9.10. The number of nitrogens with one attached hydrogen (secondary N) is 1. The highest BCUT2D eigenvalue weighted by Gasteiger charge is 2.19. The summed E-state index contributed by atoms with van der Waals surface area (Å²) in [6.45, 7) is 7.57. The Bertz CT molecular complexity index is 389. The first-order valence-corrected chi connectivity index (χ1v) is 7.60. The van der Waals surface area contributed by atoms with Crippen LogP contribution in [0.15, 0.2) is 16.7 Å². The molecule has 0 bridgehead atoms. The number of pyridine rings is 1. The molecule has 0 spiro atoms. The standard InChI is InChI=1S/C14H22BrN3/c1-3-7-18(10-12-5-4-6-16-12)14-13(15)8-11(2)9-17-14/h8-9,12,16H,3-7,10H2,1-2H3. The molecule has 1 saturated heterocycles. The molecule has 0 radical (unpaired) electrons. The Morgan fingerprint density at radius 2 is 2.39 bits per heavy atom. The summed E-state index contributed by atoms with van der Waals surface area (Å²) in [5.74, 6) is 1.08. The number of rotatable bonds is 5. The van der Waals surface area contributed by atoms with Gasteiger partial charge in [-0.15, -0.1) is 0 Å². The molecule has 100 valence electrons. The van der Waals surface area contributed by atoms with E-state index in [-0.39, 0.29) is 0 Å². The van der Waals surface area contributed by atoms with Gasteiger partial charge in [0.25, 0.3) is 0 Å². The van der Waals surface area contributed by atoms with Gasteiger partial charge in [-0.2, -0.15) is 0 Å². The molecule has 2 heterocycles. The Kier molecular flexibility index (Phi) is 5.01. The summed E-state index contributed by atoms with van der Waals surface area (Å²) in [5, 5.41) is 3.56. The number of hydrogen-bond donors (Lipinski definition) is 1. The maximum absolute atomic E-state index is 4.59. The van der Waals surface area contributed by atoms with Gasteiger partial charge >= 0.3 is 0 Å². The molecule has 1 N–H and O–H groups in total. The summed E-state index contributed by atoms with van der Waals surface area (Å²) < 4.78 is 1.11. The van der Waals surface area contributed by atoms with Crippen LogP contribution in [0.5, 0.6) is 0 Å². The van der Waals surface area contributed by atoms with Crippen LogP contribution in [0.25, 0.3) is 0 Å². The molecule has 18 heavy (non-hydrogen) atoms. The Morgan fingerprint density at radius 3 is 3.00 bits per heavy atom. The van der Waals surface area contributed by atoms with E-state index in [4.69, 9.17) is 0 Å². The number of anilines is 1. The van der Waals surface area contributed by atoms with E-state index in [1.54, 1.807) is 0 Å². The first-order valence-electron chi connectivity index (χ1n) is 6.81. The topological polar surface area (TPSA) is 28.2 Å². The number of halogens is 1. The molecular weight excluding hydrogens is 290 g/mol. The average molecular weight is 312 g/mol. The minimum atomic E-state index is 0.617. The molecule has 2 rings (SSSR count). The maximum atomic E-state index is 4.59. The van der Waals surface area contributed by atoms with Crippen molar-refractivity contribution in [3.05, 3.63) is 22.3 Å². The smallest absolute Gasteiger partial charge is 0.142 e. The van der Waals surface area contributed by atoms with E-state index in [9.17, 15) is 0 Å². The van der Waals surface area contributed by atoms with Crippen LogP contribution in [0.3, 0.4) is 0 Å². The summed E-state index contributed by atoms with van der Waals surface area (Å²) in [4.78, 5) is 6.99. The van der Waals surface area contributed by atoms with Crippen molar-refractivity contribution in [1.82, 2.24) is 10.3 Å². The number of aromatic nitrogens is 1. The van der Waals surface area contributed by atoms with Gasteiger partial charge < -0.3 is 10.2 Å². The lowest BCUT2D eigenvalue weighted by molar-refractivity contribution is 0.575. The quantitative estimate of drug-likeness (QED) is 0.905. The minimum absolute atomic E-state index is 0.617. The van der Waals surface area contributed by atoms with Gasteiger partial charge in [0.05, 0.1) is 4.47 Å². The van der Waals surface area contributed by atoms with Gasteiger partial charge in [0.1, 0.15) is 5.82 Å². The minimum Gasteiger partial charge on any atom is -0.354 e. The monoisotopic (exact) mass is 311 g/mol. The van der Waals surface area contributed by atoms with Crippen molar-refractivity contribution in [3.8, 4) is 0 Å². The van der Waals surface area contributed by atoms with Crippen LogP contribution in [0.4, 0.5) is 5.82 Å². The third-order valence-corrected chi connectivity index (χ3v) is 3.94. The van der Waals surface area contributed by atoms with Crippen molar-refractivity contribution in [2.24, 2.45) is 0 Å². The summed E-state index contributed by atoms with van der Waals surface area (Å²) >= 11 is 3.64. The number of nitrogens with zero attached hydrogens (tertiary/aromatic N) is 2. The van der Waals surface area contributed by atoms with Gasteiger partial charge in [0, 0.05) is 25.3 Å². The first kappa shape index (κ1) is 13.8. The third-order valence-electron chi connectivity index (χ3n) is 3.35. The predicted octanol–water partition coefficient (Wildman–Crippen LogP) is 3.12. The third kappa shape index (κ3) is 3.45. The highest BCUT2D eigenvalue weighted by atomic mass is 79.9. The molecule has 0 aromatic carbocycles. The van der Waals surface area contributed by atoms with Gasteiger partial charge in [-0.1, -0.05) is 6.92 Å². The van der Waals surface area contributed by atoms with E-state index >= 15 is 0 Å². The van der Waals surface area contributed by atoms with Crippen molar-refractivity contribution in [1.29, 1.82) is 0 Å². The fourth-order valence-electron chi connectivity index (χ4n) is 2.49. The summed E-state index contributed by atoms with van der Waals surface area (Å²) in [5.41, 5.74) is 1.20. The largest absolute Gasteiger partial charge is 0.354 e. The van der Waals surface area contributed by atoms with E-state index in [1.165, 1.54) is 18.4 Å². The van der Waals surface area contributed by atoms with Crippen LogP contribution in [-0.2, 0) is 0 Å². The molecule has 1 aliphatic heterocycles. The molecule has 1 aromatic rings. The van der Waals surface area contributed by atoms with Crippen molar-refractivity contribution >= 4 is 21.7 Å². The Hall–Kier alpha value is -0.610. The van der Waals surface area contributed by atoms with E-state index in [2.05, 4.69) is 51.0 Å². The Morgan fingerprint density at radius 1 is 1.56 bits per heavy atom. The predicted molar refractivity (Wildman–Crippen MR) is 80.2 cm³/mol. The van der Waals surface area contributed by atoms with Gasteiger partial charge in [-0.05, 0) is 60.3 Å². The zero-order valence-electron chi connectivity index (χ0n) is 11.2. The zero-order valence-corrected chi connectivity index (χ0v) is 12.8. The second kappa shape index (κ2) is 6.53. The lowest BCUT2D eigenvalue weighted by Gasteiger charge is -2.27. The first-order chi connectivity index (χ1) is 8.70. The van der Waals surface area contributed by atoms with Gasteiger partial charge in [-0.25, -0.2) is 4.98 Å². The van der Waals surface area contributed by atoms with E-state index in [0.29, 0.717) is 6.04 Å². The van der Waals surface area contributed by atoms with Crippen molar-refractivity contribution in [2.75, 3.05) is 24.5 Å². The normalized spacial score (nSPS) is 19.2. The van der Waals surface area contributed by atoms with Gasteiger partial charge in [0.15, 0.2) is 0 Å². The summed E-state index contributed by atoms with van der Waals surface area (Å²) in [7, 11) is 0. The molecule has 1 unspecified atom stereocenters. The van der Waals surface area contributed by atoms with E-state index in [0.717, 1.165) is 36.3 Å². The second-order valence-electron chi connectivity index (χ2n) is 5.06. The van der Waals surface area contributed by atoms with Gasteiger partial charge in [-0.3, -0.25) is 0 Å². The highest BCUT2D eigenvalue weighted by Crippen LogP contribution is 2.25. The fraction of sp³-hybridized carbons (Fsp3) is 0.643. The molecule has 0 aliphatic carbocycles. The van der Waals surface area contributed by atoms with Crippen LogP contribution in [0, 0.1) is 6.92 Å². The molecule has 1 aromatic heterocycles. The van der Waals surface area contributed by atoms with Crippen LogP contribution in [0.1, 0.15) is 31.7 Å². The molecule has 0 saturated carbocycles. The molecule has 1 fully saturated rings. The lowest BCUT2D eigenvalue weighted by Crippen LogP contribution is -2.38. The molecule has 0 amide bonds.